The van der Waals surface area contributed by atoms with Crippen LogP contribution in [0.2, 0.25) is 0 Å². The van der Waals surface area contributed by atoms with E-state index < -0.39 is 0 Å². The lowest BCUT2D eigenvalue weighted by Gasteiger charge is -2.07. The summed E-state index contributed by atoms with van der Waals surface area (Å²) in [5.74, 6) is 1.06. The molecule has 0 saturated carbocycles. The zero-order chi connectivity index (χ0) is 19.2. The summed E-state index contributed by atoms with van der Waals surface area (Å²) in [7, 11) is 3.13. The fourth-order valence-corrected chi connectivity index (χ4v) is 3.51. The Morgan fingerprint density at radius 3 is 2.85 bits per heavy atom. The average molecular weight is 405 g/mol. The van der Waals surface area contributed by atoms with Gasteiger partial charge in [-0.1, -0.05) is 23.1 Å². The molecule has 0 aliphatic rings. The zero-order valence-corrected chi connectivity index (χ0v) is 16.0. The number of nitrogens with one attached hydrogen (secondary N) is 2. The Bertz CT molecular complexity index is 1000. The Hall–Kier alpha value is -2.92. The van der Waals surface area contributed by atoms with Crippen molar-refractivity contribution in [2.75, 3.05) is 25.3 Å². The molecule has 0 aliphatic carbocycles. The van der Waals surface area contributed by atoms with Gasteiger partial charge in [0.1, 0.15) is 11.5 Å². The quantitative estimate of drug-likeness (QED) is 0.453. The maximum atomic E-state index is 12.1. The van der Waals surface area contributed by atoms with Crippen LogP contribution in [0.3, 0.4) is 0 Å². The maximum Gasteiger partial charge on any atom is 0.251 e. The second-order valence-electron chi connectivity index (χ2n) is 5.05. The first-order chi connectivity index (χ1) is 13.1. The van der Waals surface area contributed by atoms with Crippen LogP contribution in [0.4, 0.5) is 5.13 Å². The number of ether oxygens (including phenoxy) is 2. The number of hydrogen-bond donors (Lipinski definition) is 2. The predicted molar refractivity (Wildman–Crippen MR) is 103 cm³/mol. The molecule has 1 aromatic carbocycles. The minimum atomic E-state index is -0.282. The van der Waals surface area contributed by atoms with Gasteiger partial charge in [0.2, 0.25) is 11.0 Å². The molecule has 0 spiro atoms. The number of rotatable bonds is 7. The van der Waals surface area contributed by atoms with Crippen LogP contribution in [0.5, 0.6) is 11.5 Å². The number of benzene rings is 1. The molecule has 0 fully saturated rings. The molecule has 0 atom stereocenters. The summed E-state index contributed by atoms with van der Waals surface area (Å²) in [4.78, 5) is 29.8. The van der Waals surface area contributed by atoms with Gasteiger partial charge in [0.15, 0.2) is 10.2 Å². The van der Waals surface area contributed by atoms with Crippen molar-refractivity contribution in [1.29, 1.82) is 0 Å². The van der Waals surface area contributed by atoms with Gasteiger partial charge in [-0.2, -0.15) is 0 Å². The van der Waals surface area contributed by atoms with E-state index in [9.17, 15) is 9.59 Å². The molecule has 0 aliphatic heterocycles. The van der Waals surface area contributed by atoms with Gasteiger partial charge < -0.3 is 14.5 Å². The van der Waals surface area contributed by atoms with E-state index in [1.165, 1.54) is 23.6 Å². The smallest absolute Gasteiger partial charge is 0.251 e. The minimum absolute atomic E-state index is 0.0771. The van der Waals surface area contributed by atoms with Crippen LogP contribution in [0.15, 0.2) is 40.4 Å². The van der Waals surface area contributed by atoms with E-state index in [1.807, 2.05) is 6.07 Å². The lowest BCUT2D eigenvalue weighted by molar-refractivity contribution is -0.113. The summed E-state index contributed by atoms with van der Waals surface area (Å²) >= 11 is 2.34. The highest BCUT2D eigenvalue weighted by Crippen LogP contribution is 2.35. The van der Waals surface area contributed by atoms with E-state index >= 15 is 0 Å². The summed E-state index contributed by atoms with van der Waals surface area (Å²) in [6.45, 7) is 0. The molecule has 2 aromatic heterocycles. The molecular weight excluding hydrogens is 390 g/mol. The molecule has 3 aromatic rings. The molecule has 140 valence electrons. The molecule has 3 rings (SSSR count). The number of thioether (sulfide) groups is 1. The van der Waals surface area contributed by atoms with Gasteiger partial charge in [0, 0.05) is 18.3 Å². The molecule has 0 bridgehead atoms. The molecular formula is C16H15N5O4S2. The van der Waals surface area contributed by atoms with Crippen molar-refractivity contribution in [3.05, 3.63) is 40.8 Å². The molecule has 0 unspecified atom stereocenters. The lowest BCUT2D eigenvalue weighted by atomic mass is 10.2. The fourth-order valence-electron chi connectivity index (χ4n) is 2.07. The number of aromatic nitrogens is 4. The van der Waals surface area contributed by atoms with Crippen LogP contribution in [-0.4, -0.2) is 46.0 Å². The SMILES string of the molecule is COc1ccc(-c2nnc(NC(=O)CSc3nccc(=O)[nH]3)s2)c(OC)c1. The summed E-state index contributed by atoms with van der Waals surface area (Å²) < 4.78 is 10.5. The van der Waals surface area contributed by atoms with E-state index in [0.717, 1.165) is 17.3 Å². The molecule has 0 saturated heterocycles. The standard InChI is InChI=1S/C16H15N5O4S2/c1-24-9-3-4-10(11(7-9)25-2)14-20-21-16(27-14)19-13(23)8-26-15-17-6-5-12(22)18-15/h3-7H,8H2,1-2H3,(H,17,18,22)(H,19,21,23). The minimum Gasteiger partial charge on any atom is -0.497 e. The number of anilines is 1. The van der Waals surface area contributed by atoms with E-state index in [4.69, 9.17) is 9.47 Å². The third-order valence-corrected chi connectivity index (χ3v) is 5.06. The van der Waals surface area contributed by atoms with Crippen LogP contribution in [0.1, 0.15) is 0 Å². The Labute approximate surface area is 162 Å². The van der Waals surface area contributed by atoms with Gasteiger partial charge in [-0.05, 0) is 12.1 Å². The van der Waals surface area contributed by atoms with Crippen LogP contribution in [-0.2, 0) is 4.79 Å². The molecule has 2 heterocycles. The number of hydrogen-bond acceptors (Lipinski definition) is 9. The Morgan fingerprint density at radius 1 is 1.26 bits per heavy atom. The Kier molecular flexibility index (Phi) is 6.04. The second kappa shape index (κ2) is 8.64. The number of amides is 1. The molecule has 1 amide bonds. The number of carbonyl (C=O) groups excluding carboxylic acids is 1. The van der Waals surface area contributed by atoms with E-state index in [1.54, 1.807) is 26.4 Å². The second-order valence-corrected chi connectivity index (χ2v) is 7.00. The van der Waals surface area contributed by atoms with Gasteiger partial charge in [-0.25, -0.2) is 4.98 Å². The average Bonchev–Trinajstić information content (AvgIpc) is 3.14. The summed E-state index contributed by atoms with van der Waals surface area (Å²) in [5.41, 5.74) is 0.479. The number of nitrogens with zero attached hydrogens (tertiary/aromatic N) is 3. The topological polar surface area (TPSA) is 119 Å². The van der Waals surface area contributed by atoms with Gasteiger partial charge in [0.25, 0.3) is 5.56 Å². The summed E-state index contributed by atoms with van der Waals surface area (Å²) in [6, 6.07) is 6.67. The number of aromatic amines is 1. The lowest BCUT2D eigenvalue weighted by Crippen LogP contribution is -2.15. The molecule has 0 radical (unpaired) electrons. The first-order valence-electron chi connectivity index (χ1n) is 7.63. The van der Waals surface area contributed by atoms with Crippen molar-refractivity contribution >= 4 is 34.1 Å². The molecule has 9 nitrogen and oxygen atoms in total. The van der Waals surface area contributed by atoms with Crippen LogP contribution < -0.4 is 20.3 Å². The number of H-pyrrole nitrogens is 1. The first kappa shape index (κ1) is 18.9. The van der Waals surface area contributed by atoms with Crippen molar-refractivity contribution in [3.8, 4) is 22.1 Å². The molecule has 27 heavy (non-hydrogen) atoms. The van der Waals surface area contributed by atoms with Gasteiger partial charge in [-0.15, -0.1) is 10.2 Å². The van der Waals surface area contributed by atoms with Crippen LogP contribution in [0, 0.1) is 0 Å². The fraction of sp³-hybridized carbons (Fsp3) is 0.188. The highest BCUT2D eigenvalue weighted by Gasteiger charge is 2.14. The van der Waals surface area contributed by atoms with Gasteiger partial charge in [-0.3, -0.25) is 14.9 Å². The Balaban J connectivity index is 1.65. The predicted octanol–water partition coefficient (Wildman–Crippen LogP) is 2.04. The van der Waals surface area contributed by atoms with E-state index in [-0.39, 0.29) is 17.2 Å². The highest BCUT2D eigenvalue weighted by molar-refractivity contribution is 7.99. The monoisotopic (exact) mass is 405 g/mol. The summed E-state index contributed by atoms with van der Waals surface area (Å²) in [5, 5.41) is 12.1. The van der Waals surface area contributed by atoms with Crippen molar-refractivity contribution in [3.63, 3.8) is 0 Å². The van der Waals surface area contributed by atoms with Crippen molar-refractivity contribution in [2.45, 2.75) is 5.16 Å². The third kappa shape index (κ3) is 4.83. The van der Waals surface area contributed by atoms with E-state index in [2.05, 4.69) is 25.5 Å². The van der Waals surface area contributed by atoms with Crippen molar-refractivity contribution < 1.29 is 14.3 Å². The highest BCUT2D eigenvalue weighted by atomic mass is 32.2. The molecule has 11 heteroatoms. The van der Waals surface area contributed by atoms with E-state index in [0.29, 0.717) is 26.8 Å². The van der Waals surface area contributed by atoms with Crippen LogP contribution in [0.25, 0.3) is 10.6 Å². The first-order valence-corrected chi connectivity index (χ1v) is 9.43. The normalized spacial score (nSPS) is 10.4. The number of methoxy groups -OCH3 is 2. The largest absolute Gasteiger partial charge is 0.497 e. The van der Waals surface area contributed by atoms with Crippen molar-refractivity contribution in [2.24, 2.45) is 0 Å². The maximum absolute atomic E-state index is 12.1. The van der Waals surface area contributed by atoms with Crippen LogP contribution >= 0.6 is 23.1 Å². The number of carbonyl (C=O) groups is 1. The zero-order valence-electron chi connectivity index (χ0n) is 14.4. The van der Waals surface area contributed by atoms with Gasteiger partial charge >= 0.3 is 0 Å². The third-order valence-electron chi connectivity index (χ3n) is 3.30. The summed E-state index contributed by atoms with van der Waals surface area (Å²) in [6.07, 6.45) is 1.39. The molecule has 2 N–H and O–H groups in total. The van der Waals surface area contributed by atoms with Gasteiger partial charge in [0.05, 0.1) is 25.5 Å². The Morgan fingerprint density at radius 2 is 2.11 bits per heavy atom. The van der Waals surface area contributed by atoms with Crippen molar-refractivity contribution in [1.82, 2.24) is 20.2 Å².